The highest BCUT2D eigenvalue weighted by Gasteiger charge is 2.17. The van der Waals surface area contributed by atoms with Gasteiger partial charge in [-0.3, -0.25) is 4.79 Å². The van der Waals surface area contributed by atoms with E-state index >= 15 is 0 Å². The summed E-state index contributed by atoms with van der Waals surface area (Å²) in [5, 5.41) is 0. The van der Waals surface area contributed by atoms with E-state index in [4.69, 9.17) is 4.74 Å². The van der Waals surface area contributed by atoms with Gasteiger partial charge < -0.3 is 4.74 Å². The molecule has 0 aliphatic carbocycles. The molecule has 0 spiro atoms. The van der Waals surface area contributed by atoms with Crippen molar-refractivity contribution in [1.82, 2.24) is 0 Å². The number of hydrogen-bond acceptors (Lipinski definition) is 2. The van der Waals surface area contributed by atoms with E-state index in [0.717, 1.165) is 11.1 Å². The van der Waals surface area contributed by atoms with Gasteiger partial charge in [-0.05, 0) is 24.6 Å². The Hall–Kier alpha value is -2.16. The van der Waals surface area contributed by atoms with Gasteiger partial charge in [0, 0.05) is 6.42 Å². The van der Waals surface area contributed by atoms with E-state index in [1.807, 2.05) is 31.2 Å². The summed E-state index contributed by atoms with van der Waals surface area (Å²) in [6.45, 7) is 1.96. The molecule has 2 rings (SSSR count). The molecule has 0 saturated carbocycles. The number of Topliss-reactive ketones (excluding diaryl/α,β-unsaturated/α-hetero) is 1. The van der Waals surface area contributed by atoms with Gasteiger partial charge >= 0.3 is 0 Å². The molecule has 98 valence electrons. The molecule has 0 heterocycles. The third-order valence-electron chi connectivity index (χ3n) is 2.92. The summed E-state index contributed by atoms with van der Waals surface area (Å²) in [6.07, 6.45) is 0.166. The molecule has 0 aromatic heterocycles. The highest BCUT2D eigenvalue weighted by Crippen LogP contribution is 2.23. The maximum atomic E-state index is 13.8. The van der Waals surface area contributed by atoms with Crippen molar-refractivity contribution in [2.75, 3.05) is 7.11 Å². The molecule has 0 radical (unpaired) electrons. The molecule has 2 aromatic rings. The van der Waals surface area contributed by atoms with Crippen LogP contribution in [0.2, 0.25) is 0 Å². The van der Waals surface area contributed by atoms with Gasteiger partial charge in [0.05, 0.1) is 12.7 Å². The molecule has 0 aliphatic heterocycles. The van der Waals surface area contributed by atoms with Crippen LogP contribution < -0.4 is 4.74 Å². The van der Waals surface area contributed by atoms with Crippen molar-refractivity contribution < 1.29 is 13.9 Å². The Labute approximate surface area is 111 Å². The predicted molar refractivity (Wildman–Crippen MR) is 72.2 cm³/mol. The van der Waals surface area contributed by atoms with Gasteiger partial charge in [-0.15, -0.1) is 0 Å². The van der Waals surface area contributed by atoms with E-state index in [2.05, 4.69) is 0 Å². The van der Waals surface area contributed by atoms with Gasteiger partial charge in [0.2, 0.25) is 0 Å². The van der Waals surface area contributed by atoms with Crippen LogP contribution in [0.1, 0.15) is 21.5 Å². The minimum absolute atomic E-state index is 0.0199. The molecule has 3 heteroatoms. The number of carbonyl (C=O) groups is 1. The Morgan fingerprint density at radius 1 is 1.21 bits per heavy atom. The number of ether oxygens (including phenoxy) is 1. The number of halogens is 1. The lowest BCUT2D eigenvalue weighted by Crippen LogP contribution is -2.08. The fourth-order valence-corrected chi connectivity index (χ4v) is 2.04. The molecule has 0 N–H and O–H groups in total. The summed E-state index contributed by atoms with van der Waals surface area (Å²) in [6, 6.07) is 12.0. The number of ketones is 1. The van der Waals surface area contributed by atoms with Gasteiger partial charge in [0.15, 0.2) is 5.78 Å². The molecule has 0 fully saturated rings. The second-order valence-corrected chi connectivity index (χ2v) is 4.41. The van der Waals surface area contributed by atoms with Gasteiger partial charge in [0.25, 0.3) is 0 Å². The van der Waals surface area contributed by atoms with E-state index in [9.17, 15) is 9.18 Å². The molecular weight excluding hydrogens is 243 g/mol. The van der Waals surface area contributed by atoms with Crippen molar-refractivity contribution in [2.45, 2.75) is 13.3 Å². The van der Waals surface area contributed by atoms with Crippen LogP contribution in [0.25, 0.3) is 0 Å². The zero-order valence-corrected chi connectivity index (χ0v) is 10.9. The van der Waals surface area contributed by atoms with Gasteiger partial charge in [-0.1, -0.05) is 35.9 Å². The molecule has 0 bridgehead atoms. The largest absolute Gasteiger partial charge is 0.496 e. The first-order valence-corrected chi connectivity index (χ1v) is 6.03. The lowest BCUT2D eigenvalue weighted by atomic mass is 10.0. The van der Waals surface area contributed by atoms with Crippen molar-refractivity contribution in [1.29, 1.82) is 0 Å². The van der Waals surface area contributed by atoms with Crippen LogP contribution in [0.3, 0.4) is 0 Å². The Morgan fingerprint density at radius 2 is 1.95 bits per heavy atom. The summed E-state index contributed by atoms with van der Waals surface area (Å²) in [5.74, 6) is -0.546. The first-order valence-electron chi connectivity index (χ1n) is 6.03. The number of hydrogen-bond donors (Lipinski definition) is 0. The molecule has 0 aliphatic rings. The normalized spacial score (nSPS) is 10.3. The number of rotatable bonds is 4. The predicted octanol–water partition coefficient (Wildman–Crippen LogP) is 3.57. The van der Waals surface area contributed by atoms with Crippen molar-refractivity contribution >= 4 is 5.78 Å². The van der Waals surface area contributed by atoms with Crippen molar-refractivity contribution in [3.8, 4) is 5.75 Å². The zero-order chi connectivity index (χ0) is 13.8. The maximum absolute atomic E-state index is 13.8. The third-order valence-corrected chi connectivity index (χ3v) is 2.92. The highest BCUT2D eigenvalue weighted by molar-refractivity contribution is 6.00. The quantitative estimate of drug-likeness (QED) is 0.784. The Kier molecular flexibility index (Phi) is 3.95. The first kappa shape index (κ1) is 13.3. The van der Waals surface area contributed by atoms with E-state index in [-0.39, 0.29) is 23.5 Å². The average molecular weight is 258 g/mol. The summed E-state index contributed by atoms with van der Waals surface area (Å²) in [7, 11) is 1.43. The molecule has 0 saturated heterocycles. The standard InChI is InChI=1S/C16H15FO2/c1-11-5-3-6-12(9-11)10-14(18)16-13(17)7-4-8-15(16)19-2/h3-9H,10H2,1-2H3. The van der Waals surface area contributed by atoms with Crippen molar-refractivity contribution in [3.63, 3.8) is 0 Å². The maximum Gasteiger partial charge on any atom is 0.173 e. The number of carbonyl (C=O) groups excluding carboxylic acids is 1. The minimum Gasteiger partial charge on any atom is -0.496 e. The molecule has 2 aromatic carbocycles. The lowest BCUT2D eigenvalue weighted by Gasteiger charge is -2.08. The molecule has 0 unspecified atom stereocenters. The first-order chi connectivity index (χ1) is 9.11. The van der Waals surface area contributed by atoms with Crippen molar-refractivity contribution in [2.24, 2.45) is 0 Å². The Morgan fingerprint density at radius 3 is 2.63 bits per heavy atom. The lowest BCUT2D eigenvalue weighted by molar-refractivity contribution is 0.0986. The Bertz CT molecular complexity index is 605. The fraction of sp³-hybridized carbons (Fsp3) is 0.188. The minimum atomic E-state index is -0.544. The van der Waals surface area contributed by atoms with Crippen LogP contribution in [0.5, 0.6) is 5.75 Å². The smallest absolute Gasteiger partial charge is 0.173 e. The van der Waals surface area contributed by atoms with E-state index in [1.54, 1.807) is 6.07 Å². The number of methoxy groups -OCH3 is 1. The van der Waals surface area contributed by atoms with Crippen LogP contribution in [0.4, 0.5) is 4.39 Å². The zero-order valence-electron chi connectivity index (χ0n) is 10.9. The van der Waals surface area contributed by atoms with Gasteiger partial charge in [-0.2, -0.15) is 0 Å². The average Bonchev–Trinajstić information content (AvgIpc) is 2.38. The summed E-state index contributed by atoms with van der Waals surface area (Å²) < 4.78 is 18.8. The van der Waals surface area contributed by atoms with E-state index < -0.39 is 5.82 Å². The SMILES string of the molecule is COc1cccc(F)c1C(=O)Cc1cccc(C)c1. The topological polar surface area (TPSA) is 26.3 Å². The molecule has 0 atom stereocenters. The monoisotopic (exact) mass is 258 g/mol. The van der Waals surface area contributed by atoms with Crippen LogP contribution in [0, 0.1) is 12.7 Å². The van der Waals surface area contributed by atoms with E-state index in [1.165, 1.54) is 19.2 Å². The highest BCUT2D eigenvalue weighted by atomic mass is 19.1. The number of aryl methyl sites for hydroxylation is 1. The molecule has 0 amide bonds. The Balaban J connectivity index is 2.30. The van der Waals surface area contributed by atoms with Crippen molar-refractivity contribution in [3.05, 3.63) is 65.0 Å². The number of benzene rings is 2. The second-order valence-electron chi connectivity index (χ2n) is 4.41. The van der Waals surface area contributed by atoms with E-state index in [0.29, 0.717) is 0 Å². The molecule has 2 nitrogen and oxygen atoms in total. The van der Waals surface area contributed by atoms with Gasteiger partial charge in [0.1, 0.15) is 11.6 Å². The molecule has 19 heavy (non-hydrogen) atoms. The van der Waals surface area contributed by atoms with Crippen LogP contribution in [-0.4, -0.2) is 12.9 Å². The fourth-order valence-electron chi connectivity index (χ4n) is 2.04. The van der Waals surface area contributed by atoms with Crippen LogP contribution in [-0.2, 0) is 6.42 Å². The second kappa shape index (κ2) is 5.65. The summed E-state index contributed by atoms with van der Waals surface area (Å²) in [4.78, 5) is 12.2. The summed E-state index contributed by atoms with van der Waals surface area (Å²) in [5.41, 5.74) is 1.97. The molecular formula is C16H15FO2. The third kappa shape index (κ3) is 2.99. The van der Waals surface area contributed by atoms with Gasteiger partial charge in [-0.25, -0.2) is 4.39 Å². The summed E-state index contributed by atoms with van der Waals surface area (Å²) >= 11 is 0. The van der Waals surface area contributed by atoms with Crippen LogP contribution in [0.15, 0.2) is 42.5 Å². The van der Waals surface area contributed by atoms with Crippen LogP contribution >= 0.6 is 0 Å².